The minimum atomic E-state index is 0.155. The molecule has 3 aliphatic heterocycles. The van der Waals surface area contributed by atoms with Gasteiger partial charge in [-0.1, -0.05) is 11.6 Å². The Morgan fingerprint density at radius 1 is 1.23 bits per heavy atom. The number of benzene rings is 1. The van der Waals surface area contributed by atoms with Crippen molar-refractivity contribution < 1.29 is 9.53 Å². The van der Waals surface area contributed by atoms with Crippen LogP contribution in [0.3, 0.4) is 0 Å². The average molecular weight is 428 g/mol. The van der Waals surface area contributed by atoms with Crippen LogP contribution in [0.5, 0.6) is 5.75 Å². The second-order valence-electron chi connectivity index (χ2n) is 7.53. The van der Waals surface area contributed by atoms with E-state index in [-0.39, 0.29) is 5.91 Å². The number of allylic oxidation sites excluding steroid dienone is 2. The molecule has 1 amide bonds. The van der Waals surface area contributed by atoms with E-state index in [4.69, 9.17) is 16.3 Å². The minimum absolute atomic E-state index is 0.155. The first-order valence-corrected chi connectivity index (χ1v) is 10.5. The summed E-state index contributed by atoms with van der Waals surface area (Å²) >= 11 is 6.07. The number of hydrogen-bond acceptors (Lipinski definition) is 6. The zero-order valence-electron chi connectivity index (χ0n) is 17.0. The Morgan fingerprint density at radius 2 is 2.00 bits per heavy atom. The molecule has 0 radical (unpaired) electrons. The van der Waals surface area contributed by atoms with Gasteiger partial charge in [0.2, 0.25) is 11.8 Å². The molecule has 0 bridgehead atoms. The minimum Gasteiger partial charge on any atom is -0.438 e. The number of hydrogen-bond donors (Lipinski definition) is 1. The second kappa shape index (κ2) is 9.26. The fourth-order valence-corrected chi connectivity index (χ4v) is 3.95. The van der Waals surface area contributed by atoms with E-state index >= 15 is 0 Å². The van der Waals surface area contributed by atoms with Gasteiger partial charge >= 0.3 is 0 Å². The van der Waals surface area contributed by atoms with Gasteiger partial charge in [-0.25, -0.2) is 4.99 Å². The number of hydrazine groups is 1. The average Bonchev–Trinajstić information content (AvgIpc) is 2.75. The van der Waals surface area contributed by atoms with Gasteiger partial charge in [0.1, 0.15) is 5.75 Å². The summed E-state index contributed by atoms with van der Waals surface area (Å²) in [6.07, 6.45) is 11.5. The molecule has 4 rings (SSSR count). The van der Waals surface area contributed by atoms with Crippen LogP contribution in [0.1, 0.15) is 19.8 Å². The number of rotatable bonds is 5. The summed E-state index contributed by atoms with van der Waals surface area (Å²) in [4.78, 5) is 20.1. The first-order chi connectivity index (χ1) is 14.6. The van der Waals surface area contributed by atoms with Crippen molar-refractivity contribution >= 4 is 29.4 Å². The fourth-order valence-electron chi connectivity index (χ4n) is 3.75. The number of likely N-dealkylation sites (tertiary alicyclic amines) is 1. The maximum Gasteiger partial charge on any atom is 0.235 e. The smallest absolute Gasteiger partial charge is 0.235 e. The van der Waals surface area contributed by atoms with Crippen molar-refractivity contribution in [3.63, 3.8) is 0 Å². The molecule has 0 spiro atoms. The molecule has 8 heteroatoms. The van der Waals surface area contributed by atoms with Crippen LogP contribution in [0.25, 0.3) is 0 Å². The normalized spacial score (nSPS) is 19.5. The van der Waals surface area contributed by atoms with Crippen LogP contribution in [-0.4, -0.2) is 59.2 Å². The Bertz CT molecular complexity index is 885. The van der Waals surface area contributed by atoms with E-state index in [1.807, 2.05) is 64.9 Å². The topological polar surface area (TPSA) is 60.4 Å². The molecule has 1 N–H and O–H groups in total. The van der Waals surface area contributed by atoms with Crippen LogP contribution in [0, 0.1) is 0 Å². The van der Waals surface area contributed by atoms with Crippen molar-refractivity contribution in [2.75, 3.05) is 31.6 Å². The van der Waals surface area contributed by atoms with Gasteiger partial charge in [0, 0.05) is 43.5 Å². The molecule has 1 saturated heterocycles. The zero-order chi connectivity index (χ0) is 20.9. The Balaban J connectivity index is 1.32. The third kappa shape index (κ3) is 5.16. The van der Waals surface area contributed by atoms with Gasteiger partial charge in [0.25, 0.3) is 0 Å². The van der Waals surface area contributed by atoms with Gasteiger partial charge in [-0.3, -0.25) is 15.2 Å². The van der Waals surface area contributed by atoms with Gasteiger partial charge < -0.3 is 14.5 Å². The van der Waals surface area contributed by atoms with Gasteiger partial charge in [0.05, 0.1) is 25.0 Å². The standard InChI is InChI=1S/C22H26ClN5O2/c1-17(29)26-12-8-20(9-13-26)27-14-10-24-22(16-27)30-21-6-4-19(5-7-21)25-28-11-2-3-18(23)15-28/h2-7,10-11,16,20,25H,8-9,12-15H2,1H3. The van der Waals surface area contributed by atoms with Gasteiger partial charge in [0.15, 0.2) is 0 Å². The molecule has 1 aromatic carbocycles. The van der Waals surface area contributed by atoms with E-state index in [0.717, 1.165) is 48.9 Å². The van der Waals surface area contributed by atoms with Gasteiger partial charge in [-0.2, -0.15) is 0 Å². The number of ether oxygens (including phenoxy) is 1. The molecule has 1 fully saturated rings. The van der Waals surface area contributed by atoms with E-state index in [1.54, 1.807) is 6.92 Å². The van der Waals surface area contributed by atoms with Crippen molar-refractivity contribution in [3.8, 4) is 5.75 Å². The van der Waals surface area contributed by atoms with E-state index < -0.39 is 0 Å². The summed E-state index contributed by atoms with van der Waals surface area (Å²) < 4.78 is 5.97. The Kier molecular flexibility index (Phi) is 6.28. The number of amides is 1. The predicted octanol–water partition coefficient (Wildman–Crippen LogP) is 3.54. The lowest BCUT2D eigenvalue weighted by Gasteiger charge is -2.38. The predicted molar refractivity (Wildman–Crippen MR) is 119 cm³/mol. The monoisotopic (exact) mass is 427 g/mol. The van der Waals surface area contributed by atoms with Crippen LogP contribution in [-0.2, 0) is 4.79 Å². The molecule has 0 unspecified atom stereocenters. The summed E-state index contributed by atoms with van der Waals surface area (Å²) in [6, 6.07) is 8.13. The number of nitrogens with zero attached hydrogens (tertiary/aromatic N) is 4. The molecule has 0 saturated carbocycles. The number of piperidine rings is 1. The SMILES string of the molecule is CC(=O)N1CCC(N2C=C(Oc3ccc(NN4C=CC=C(Cl)C4)cc3)N=CC2)CC1. The van der Waals surface area contributed by atoms with E-state index in [2.05, 4.69) is 15.3 Å². The third-order valence-electron chi connectivity index (χ3n) is 5.38. The summed E-state index contributed by atoms with van der Waals surface area (Å²) in [6.45, 7) is 4.63. The van der Waals surface area contributed by atoms with Crippen molar-refractivity contribution in [1.29, 1.82) is 0 Å². The Hall–Kier alpha value is -2.93. The van der Waals surface area contributed by atoms with Crippen molar-refractivity contribution in [2.24, 2.45) is 4.99 Å². The zero-order valence-corrected chi connectivity index (χ0v) is 17.8. The second-order valence-corrected chi connectivity index (χ2v) is 8.02. The Morgan fingerprint density at radius 3 is 2.70 bits per heavy atom. The highest BCUT2D eigenvalue weighted by Crippen LogP contribution is 2.23. The van der Waals surface area contributed by atoms with Crippen LogP contribution in [0.2, 0.25) is 0 Å². The van der Waals surface area contributed by atoms with Gasteiger partial charge in [-0.05, 0) is 49.3 Å². The number of anilines is 1. The fraction of sp³-hybridized carbons (Fsp3) is 0.364. The quantitative estimate of drug-likeness (QED) is 0.778. The van der Waals surface area contributed by atoms with Crippen molar-refractivity contribution in [3.05, 3.63) is 59.7 Å². The lowest BCUT2D eigenvalue weighted by atomic mass is 10.0. The van der Waals surface area contributed by atoms with Crippen LogP contribution in [0.15, 0.2) is 64.7 Å². The molecule has 1 aromatic rings. The van der Waals surface area contributed by atoms with Crippen molar-refractivity contribution in [2.45, 2.75) is 25.8 Å². The van der Waals surface area contributed by atoms with E-state index in [9.17, 15) is 4.79 Å². The lowest BCUT2D eigenvalue weighted by molar-refractivity contribution is -0.130. The molecule has 7 nitrogen and oxygen atoms in total. The molecule has 0 aliphatic carbocycles. The number of carbonyl (C=O) groups excluding carboxylic acids is 1. The summed E-state index contributed by atoms with van der Waals surface area (Å²) in [5, 5.41) is 2.70. The van der Waals surface area contributed by atoms with Crippen LogP contribution < -0.4 is 10.2 Å². The summed E-state index contributed by atoms with van der Waals surface area (Å²) in [5.74, 6) is 1.46. The highest BCUT2D eigenvalue weighted by atomic mass is 35.5. The first kappa shape index (κ1) is 20.3. The third-order valence-corrected chi connectivity index (χ3v) is 5.63. The van der Waals surface area contributed by atoms with E-state index in [1.165, 1.54) is 0 Å². The molecule has 30 heavy (non-hydrogen) atoms. The molecule has 158 valence electrons. The number of nitrogens with one attached hydrogen (secondary N) is 1. The largest absolute Gasteiger partial charge is 0.438 e. The molecule has 0 atom stereocenters. The highest BCUT2D eigenvalue weighted by Gasteiger charge is 2.25. The van der Waals surface area contributed by atoms with Crippen molar-refractivity contribution in [1.82, 2.24) is 14.8 Å². The van der Waals surface area contributed by atoms with Crippen LogP contribution >= 0.6 is 11.6 Å². The van der Waals surface area contributed by atoms with Gasteiger partial charge in [-0.15, -0.1) is 0 Å². The summed E-state index contributed by atoms with van der Waals surface area (Å²) in [7, 11) is 0. The maximum absolute atomic E-state index is 11.5. The highest BCUT2D eigenvalue weighted by molar-refractivity contribution is 6.30. The number of halogens is 1. The number of carbonyl (C=O) groups is 1. The van der Waals surface area contributed by atoms with E-state index in [0.29, 0.717) is 18.5 Å². The summed E-state index contributed by atoms with van der Waals surface area (Å²) in [5.41, 5.74) is 4.23. The molecular weight excluding hydrogens is 402 g/mol. The first-order valence-electron chi connectivity index (χ1n) is 10.2. The van der Waals surface area contributed by atoms with Crippen LogP contribution in [0.4, 0.5) is 5.69 Å². The molecular formula is C22H26ClN5O2. The molecule has 3 aliphatic rings. The molecule has 3 heterocycles. The maximum atomic E-state index is 11.5. The number of aliphatic imine (C=N–C) groups is 1. The molecule has 0 aromatic heterocycles. The lowest BCUT2D eigenvalue weighted by Crippen LogP contribution is -2.45. The Labute approximate surface area is 181 Å².